The lowest BCUT2D eigenvalue weighted by atomic mass is 10.0. The number of nitrogens with one attached hydrogen (secondary N) is 1. The van der Waals surface area contributed by atoms with Crippen LogP contribution in [-0.4, -0.2) is 36.7 Å². The van der Waals surface area contributed by atoms with Gasteiger partial charge in [0.15, 0.2) is 0 Å². The van der Waals surface area contributed by atoms with Crippen LogP contribution >= 0.6 is 11.8 Å². The van der Waals surface area contributed by atoms with Crippen molar-refractivity contribution in [1.29, 1.82) is 0 Å². The standard InChI is InChI=1S/C18H25NO3S/c20-18(13-23-12-14-6-3-4-10-21-14)19-16-8-5-11-22-17-9-2-1-7-15(16)17/h1-2,7,9,14,16H,3-6,8,10-13H2,(H,19,20)/t14-,16+/m0/s1. The van der Waals surface area contributed by atoms with E-state index < -0.39 is 0 Å². The summed E-state index contributed by atoms with van der Waals surface area (Å²) in [6.07, 6.45) is 5.76. The third-order valence-electron chi connectivity index (χ3n) is 4.34. The van der Waals surface area contributed by atoms with Crippen molar-refractivity contribution in [1.82, 2.24) is 5.32 Å². The van der Waals surface area contributed by atoms with E-state index >= 15 is 0 Å². The third kappa shape index (κ3) is 4.88. The number of rotatable bonds is 5. The van der Waals surface area contributed by atoms with Crippen molar-refractivity contribution in [2.75, 3.05) is 24.7 Å². The summed E-state index contributed by atoms with van der Waals surface area (Å²) in [5.74, 6) is 2.42. The second kappa shape index (κ2) is 8.60. The quantitative estimate of drug-likeness (QED) is 0.897. The number of hydrogen-bond donors (Lipinski definition) is 1. The average molecular weight is 335 g/mol. The fourth-order valence-corrected chi connectivity index (χ4v) is 4.05. The Bertz CT molecular complexity index is 517. The number of ether oxygens (including phenoxy) is 2. The maximum atomic E-state index is 12.3. The minimum Gasteiger partial charge on any atom is -0.493 e. The molecule has 2 aliphatic heterocycles. The number of thioether (sulfide) groups is 1. The van der Waals surface area contributed by atoms with E-state index in [-0.39, 0.29) is 11.9 Å². The van der Waals surface area contributed by atoms with E-state index in [1.54, 1.807) is 11.8 Å². The predicted octanol–water partition coefficient (Wildman–Crippen LogP) is 3.32. The highest BCUT2D eigenvalue weighted by molar-refractivity contribution is 7.99. The maximum Gasteiger partial charge on any atom is 0.230 e. The second-order valence-electron chi connectivity index (χ2n) is 6.15. The summed E-state index contributed by atoms with van der Waals surface area (Å²) in [6, 6.07) is 8.07. The van der Waals surface area contributed by atoms with E-state index in [0.29, 0.717) is 11.9 Å². The molecule has 4 nitrogen and oxygen atoms in total. The lowest BCUT2D eigenvalue weighted by molar-refractivity contribution is -0.119. The maximum absolute atomic E-state index is 12.3. The van der Waals surface area contributed by atoms with Gasteiger partial charge in [-0.15, -0.1) is 11.8 Å². The fourth-order valence-electron chi connectivity index (χ4n) is 3.13. The van der Waals surface area contributed by atoms with E-state index in [0.717, 1.165) is 49.5 Å². The van der Waals surface area contributed by atoms with Crippen molar-refractivity contribution < 1.29 is 14.3 Å². The third-order valence-corrected chi connectivity index (χ3v) is 5.41. The zero-order valence-corrected chi connectivity index (χ0v) is 14.3. The van der Waals surface area contributed by atoms with Crippen LogP contribution in [0.5, 0.6) is 5.75 Å². The van der Waals surface area contributed by atoms with Crippen LogP contribution in [0.3, 0.4) is 0 Å². The van der Waals surface area contributed by atoms with Crippen LogP contribution in [0.2, 0.25) is 0 Å². The van der Waals surface area contributed by atoms with Crippen LogP contribution in [-0.2, 0) is 9.53 Å². The van der Waals surface area contributed by atoms with Crippen LogP contribution in [0.15, 0.2) is 24.3 Å². The molecule has 5 heteroatoms. The van der Waals surface area contributed by atoms with Crippen LogP contribution in [0, 0.1) is 0 Å². The zero-order chi connectivity index (χ0) is 15.9. The van der Waals surface area contributed by atoms with Crippen molar-refractivity contribution in [2.24, 2.45) is 0 Å². The fraction of sp³-hybridized carbons (Fsp3) is 0.611. The summed E-state index contributed by atoms with van der Waals surface area (Å²) in [7, 11) is 0. The topological polar surface area (TPSA) is 47.6 Å². The van der Waals surface area contributed by atoms with Crippen molar-refractivity contribution in [2.45, 2.75) is 44.2 Å². The molecule has 0 bridgehead atoms. The molecular formula is C18H25NO3S. The Balaban J connectivity index is 1.47. The molecule has 1 fully saturated rings. The highest BCUT2D eigenvalue weighted by Crippen LogP contribution is 2.31. The summed E-state index contributed by atoms with van der Waals surface area (Å²) < 4.78 is 11.5. The molecule has 0 unspecified atom stereocenters. The minimum atomic E-state index is 0.0627. The molecular weight excluding hydrogens is 310 g/mol. The van der Waals surface area contributed by atoms with Crippen molar-refractivity contribution in [3.8, 4) is 5.75 Å². The Hall–Kier alpha value is -1.20. The average Bonchev–Trinajstić information content (AvgIpc) is 2.78. The summed E-state index contributed by atoms with van der Waals surface area (Å²) in [5, 5.41) is 3.17. The number of carbonyl (C=O) groups excluding carboxylic acids is 1. The van der Waals surface area contributed by atoms with E-state index in [2.05, 4.69) is 11.4 Å². The Labute approximate surface area is 142 Å². The van der Waals surface area contributed by atoms with Gasteiger partial charge in [0.25, 0.3) is 0 Å². The van der Waals surface area contributed by atoms with Crippen molar-refractivity contribution >= 4 is 17.7 Å². The number of amides is 1. The summed E-state index contributed by atoms with van der Waals surface area (Å²) in [5.41, 5.74) is 1.10. The first-order chi connectivity index (χ1) is 11.3. The first-order valence-electron chi connectivity index (χ1n) is 8.53. The molecule has 126 valence electrons. The smallest absolute Gasteiger partial charge is 0.230 e. The van der Waals surface area contributed by atoms with E-state index in [1.165, 1.54) is 12.8 Å². The number of fused-ring (bicyclic) bond motifs is 1. The van der Waals surface area contributed by atoms with Gasteiger partial charge in [-0.2, -0.15) is 0 Å². The summed E-state index contributed by atoms with van der Waals surface area (Å²) in [6.45, 7) is 1.59. The van der Waals surface area contributed by atoms with Gasteiger partial charge in [0.2, 0.25) is 5.91 Å². The van der Waals surface area contributed by atoms with Crippen LogP contribution < -0.4 is 10.1 Å². The highest BCUT2D eigenvalue weighted by Gasteiger charge is 2.21. The van der Waals surface area contributed by atoms with Crippen molar-refractivity contribution in [3.63, 3.8) is 0 Å². The lowest BCUT2D eigenvalue weighted by Gasteiger charge is -2.22. The summed E-state index contributed by atoms with van der Waals surface area (Å²) >= 11 is 1.67. The van der Waals surface area contributed by atoms with Crippen LogP contribution in [0.4, 0.5) is 0 Å². The van der Waals surface area contributed by atoms with E-state index in [4.69, 9.17) is 9.47 Å². The largest absolute Gasteiger partial charge is 0.493 e. The van der Waals surface area contributed by atoms with Gasteiger partial charge in [-0.25, -0.2) is 0 Å². The van der Waals surface area contributed by atoms with Gasteiger partial charge in [-0.3, -0.25) is 4.79 Å². The van der Waals surface area contributed by atoms with Gasteiger partial charge in [0.05, 0.1) is 24.5 Å². The van der Waals surface area contributed by atoms with E-state index in [1.807, 2.05) is 18.2 Å². The Morgan fingerprint density at radius 2 is 2.09 bits per heavy atom. The molecule has 2 heterocycles. The lowest BCUT2D eigenvalue weighted by Crippen LogP contribution is -2.30. The SMILES string of the molecule is O=C(CSC[C@@H]1CCCCO1)N[C@@H]1CCCOc2ccccc21. The number of carbonyl (C=O) groups is 1. The Kier molecular flexibility index (Phi) is 6.22. The minimum absolute atomic E-state index is 0.0627. The molecule has 0 saturated carbocycles. The Morgan fingerprint density at radius 1 is 1.17 bits per heavy atom. The van der Waals surface area contributed by atoms with Gasteiger partial charge in [0.1, 0.15) is 5.75 Å². The van der Waals surface area contributed by atoms with E-state index in [9.17, 15) is 4.79 Å². The molecule has 23 heavy (non-hydrogen) atoms. The van der Waals surface area contributed by atoms with Gasteiger partial charge in [-0.05, 0) is 38.2 Å². The number of benzene rings is 1. The van der Waals surface area contributed by atoms with Crippen LogP contribution in [0.25, 0.3) is 0 Å². The van der Waals surface area contributed by atoms with Gasteiger partial charge in [0, 0.05) is 17.9 Å². The van der Waals surface area contributed by atoms with Gasteiger partial charge < -0.3 is 14.8 Å². The molecule has 0 aliphatic carbocycles. The first kappa shape index (κ1) is 16.7. The predicted molar refractivity (Wildman–Crippen MR) is 93.0 cm³/mol. The number of para-hydroxylation sites is 1. The van der Waals surface area contributed by atoms with Gasteiger partial charge in [-0.1, -0.05) is 18.2 Å². The monoisotopic (exact) mass is 335 g/mol. The van der Waals surface area contributed by atoms with Crippen LogP contribution in [0.1, 0.15) is 43.7 Å². The molecule has 1 aromatic carbocycles. The summed E-state index contributed by atoms with van der Waals surface area (Å²) in [4.78, 5) is 12.3. The number of hydrogen-bond acceptors (Lipinski definition) is 4. The molecule has 1 amide bonds. The van der Waals surface area contributed by atoms with Gasteiger partial charge >= 0.3 is 0 Å². The molecule has 1 N–H and O–H groups in total. The normalized spacial score (nSPS) is 24.2. The first-order valence-corrected chi connectivity index (χ1v) is 9.69. The highest BCUT2D eigenvalue weighted by atomic mass is 32.2. The molecule has 2 aliphatic rings. The molecule has 1 saturated heterocycles. The molecule has 2 atom stereocenters. The zero-order valence-electron chi connectivity index (χ0n) is 13.5. The molecule has 3 rings (SSSR count). The van der Waals surface area contributed by atoms with Crippen molar-refractivity contribution in [3.05, 3.63) is 29.8 Å². The Morgan fingerprint density at radius 3 is 2.96 bits per heavy atom. The molecule has 0 radical (unpaired) electrons. The molecule has 0 spiro atoms. The molecule has 1 aromatic rings. The second-order valence-corrected chi connectivity index (χ2v) is 7.18. The molecule has 0 aromatic heterocycles.